The monoisotopic (exact) mass is 516 g/mol. The van der Waals surface area contributed by atoms with Gasteiger partial charge in [-0.1, -0.05) is 13.0 Å². The number of aromatic nitrogens is 5. The number of benzene rings is 1. The van der Waals surface area contributed by atoms with Gasteiger partial charge < -0.3 is 14.2 Å². The van der Waals surface area contributed by atoms with Crippen molar-refractivity contribution >= 4 is 16.0 Å². The van der Waals surface area contributed by atoms with E-state index in [1.165, 1.54) is 14.2 Å². The first-order chi connectivity index (χ1) is 17.3. The van der Waals surface area contributed by atoms with Crippen molar-refractivity contribution in [3.63, 3.8) is 0 Å². The second-order valence-corrected chi connectivity index (χ2v) is 10.9. The van der Waals surface area contributed by atoms with Crippen molar-refractivity contribution in [1.29, 1.82) is 0 Å². The van der Waals surface area contributed by atoms with Crippen LogP contribution in [0.1, 0.15) is 62.3 Å². The summed E-state index contributed by atoms with van der Waals surface area (Å²) in [6, 6.07) is 5.32. The number of hydrogen-bond acceptors (Lipinski definition) is 9. The predicted molar refractivity (Wildman–Crippen MR) is 134 cm³/mol. The number of sulfonamides is 1. The number of nitrogens with one attached hydrogen (secondary N) is 1. The zero-order valence-corrected chi connectivity index (χ0v) is 21.9. The number of ether oxygens (including phenoxy) is 3. The quantitative estimate of drug-likeness (QED) is 0.453. The van der Waals surface area contributed by atoms with E-state index in [0.717, 1.165) is 24.8 Å². The molecule has 0 radical (unpaired) electrons. The highest BCUT2D eigenvalue weighted by Crippen LogP contribution is 2.39. The topological polar surface area (TPSA) is 130 Å². The average Bonchev–Trinajstić information content (AvgIpc) is 3.30. The number of methoxy groups -OCH3 is 2. The number of nitrogens with zero attached hydrogens (tertiary/aromatic N) is 5. The fraction of sp³-hybridized carbons (Fsp3) is 0.500. The molecule has 11 nitrogen and oxygen atoms in total. The SMILES string of the molecule is COc1cccc(OC)c1-n1c(NS(=O)(=O)[C@@H](C)[C@H](C)c2ncc(C)cn2)nnc1[C@H]1CCCCO1. The summed E-state index contributed by atoms with van der Waals surface area (Å²) in [7, 11) is -0.861. The number of aryl methyl sites for hydroxylation is 1. The molecule has 0 saturated carbocycles. The maximum absolute atomic E-state index is 13.5. The summed E-state index contributed by atoms with van der Waals surface area (Å²) in [6.45, 7) is 5.87. The van der Waals surface area contributed by atoms with Gasteiger partial charge >= 0.3 is 0 Å². The summed E-state index contributed by atoms with van der Waals surface area (Å²) in [6.07, 6.45) is 5.65. The molecule has 1 N–H and O–H groups in total. The number of rotatable bonds is 9. The molecule has 36 heavy (non-hydrogen) atoms. The molecule has 194 valence electrons. The third-order valence-corrected chi connectivity index (χ3v) is 8.27. The molecule has 1 saturated heterocycles. The van der Waals surface area contributed by atoms with Crippen LogP contribution in [0.5, 0.6) is 11.5 Å². The summed E-state index contributed by atoms with van der Waals surface area (Å²) >= 11 is 0. The molecule has 1 fully saturated rings. The molecule has 0 unspecified atom stereocenters. The Labute approximate surface area is 211 Å². The van der Waals surface area contributed by atoms with E-state index in [-0.39, 0.29) is 12.1 Å². The lowest BCUT2D eigenvalue weighted by Gasteiger charge is -2.25. The molecule has 0 amide bonds. The van der Waals surface area contributed by atoms with Gasteiger partial charge in [0.2, 0.25) is 16.0 Å². The lowest BCUT2D eigenvalue weighted by molar-refractivity contribution is 0.00839. The molecule has 1 aliphatic heterocycles. The van der Waals surface area contributed by atoms with Crippen LogP contribution in [-0.4, -0.2) is 59.2 Å². The fourth-order valence-electron chi connectivity index (χ4n) is 4.12. The predicted octanol–water partition coefficient (Wildman–Crippen LogP) is 3.56. The van der Waals surface area contributed by atoms with E-state index >= 15 is 0 Å². The number of para-hydroxylation sites is 1. The minimum atomic E-state index is -3.93. The van der Waals surface area contributed by atoms with Crippen molar-refractivity contribution < 1.29 is 22.6 Å². The Morgan fingerprint density at radius 1 is 1.08 bits per heavy atom. The molecule has 1 aromatic carbocycles. The Kier molecular flexibility index (Phi) is 7.74. The fourth-order valence-corrected chi connectivity index (χ4v) is 5.36. The van der Waals surface area contributed by atoms with Crippen LogP contribution in [0.15, 0.2) is 30.6 Å². The number of anilines is 1. The molecule has 0 aliphatic carbocycles. The summed E-state index contributed by atoms with van der Waals surface area (Å²) in [5.74, 6) is 1.41. The molecular formula is C24H32N6O5S. The van der Waals surface area contributed by atoms with Crippen LogP contribution in [0.4, 0.5) is 5.95 Å². The Morgan fingerprint density at radius 3 is 2.33 bits per heavy atom. The van der Waals surface area contributed by atoms with Crippen LogP contribution in [0.2, 0.25) is 0 Å². The van der Waals surface area contributed by atoms with Crippen molar-refractivity contribution in [3.05, 3.63) is 47.8 Å². The van der Waals surface area contributed by atoms with Crippen LogP contribution >= 0.6 is 0 Å². The highest BCUT2D eigenvalue weighted by molar-refractivity contribution is 7.93. The summed E-state index contributed by atoms with van der Waals surface area (Å²) < 4.78 is 48.5. The summed E-state index contributed by atoms with van der Waals surface area (Å²) in [5, 5.41) is 7.72. The van der Waals surface area contributed by atoms with Gasteiger partial charge in [-0.15, -0.1) is 10.2 Å². The molecule has 3 atom stereocenters. The summed E-state index contributed by atoms with van der Waals surface area (Å²) in [5.41, 5.74) is 1.38. The van der Waals surface area contributed by atoms with E-state index in [0.29, 0.717) is 35.4 Å². The van der Waals surface area contributed by atoms with E-state index in [2.05, 4.69) is 24.9 Å². The number of hydrogen-bond donors (Lipinski definition) is 1. The minimum absolute atomic E-state index is 0.0193. The molecule has 0 spiro atoms. The van der Waals surface area contributed by atoms with Gasteiger partial charge in [-0.25, -0.2) is 18.4 Å². The van der Waals surface area contributed by atoms with Gasteiger partial charge in [0, 0.05) is 24.9 Å². The van der Waals surface area contributed by atoms with Crippen LogP contribution in [0.3, 0.4) is 0 Å². The van der Waals surface area contributed by atoms with Crippen molar-refractivity contribution in [3.8, 4) is 17.2 Å². The third-order valence-electron chi connectivity index (χ3n) is 6.42. The zero-order chi connectivity index (χ0) is 25.9. The van der Waals surface area contributed by atoms with E-state index in [1.807, 2.05) is 6.92 Å². The lowest BCUT2D eigenvalue weighted by Crippen LogP contribution is -2.31. The second kappa shape index (κ2) is 10.8. The Balaban J connectivity index is 1.77. The maximum atomic E-state index is 13.5. The van der Waals surface area contributed by atoms with E-state index < -0.39 is 21.2 Å². The maximum Gasteiger partial charge on any atom is 0.243 e. The van der Waals surface area contributed by atoms with Crippen LogP contribution < -0.4 is 14.2 Å². The van der Waals surface area contributed by atoms with Crippen molar-refractivity contribution in [2.24, 2.45) is 0 Å². The first kappa shape index (κ1) is 25.8. The van der Waals surface area contributed by atoms with Crippen molar-refractivity contribution in [2.45, 2.75) is 57.3 Å². The second-order valence-electron chi connectivity index (χ2n) is 8.84. The standard InChI is InChI=1S/C24H32N6O5S/c1-15-13-25-22(26-14-15)16(2)17(3)36(31,32)29-24-28-27-23(20-9-6-7-12-35-20)30(24)21-18(33-4)10-8-11-19(21)34-5/h8,10-11,13-14,16-17,20H,6-7,9,12H2,1-5H3,(H,28,29)/t16-,17-,20+/m0/s1. The van der Waals surface area contributed by atoms with Crippen molar-refractivity contribution in [2.75, 3.05) is 25.5 Å². The first-order valence-corrected chi connectivity index (χ1v) is 13.4. The van der Waals surface area contributed by atoms with Gasteiger partial charge in [-0.05, 0) is 50.8 Å². The van der Waals surface area contributed by atoms with E-state index in [9.17, 15) is 8.42 Å². The largest absolute Gasteiger partial charge is 0.494 e. The van der Waals surface area contributed by atoms with Gasteiger partial charge in [0.1, 0.15) is 29.1 Å². The van der Waals surface area contributed by atoms with Gasteiger partial charge in [-0.2, -0.15) is 0 Å². The molecule has 3 heterocycles. The molecule has 4 rings (SSSR count). The van der Waals surface area contributed by atoms with Crippen LogP contribution in [0.25, 0.3) is 5.69 Å². The molecule has 2 aromatic heterocycles. The molecule has 1 aliphatic rings. The molecular weight excluding hydrogens is 484 g/mol. The van der Waals surface area contributed by atoms with E-state index in [4.69, 9.17) is 14.2 Å². The van der Waals surface area contributed by atoms with E-state index in [1.54, 1.807) is 49.0 Å². The normalized spacial score (nSPS) is 17.9. The highest BCUT2D eigenvalue weighted by atomic mass is 32.2. The van der Waals surface area contributed by atoms with Crippen LogP contribution in [0, 0.1) is 6.92 Å². The highest BCUT2D eigenvalue weighted by Gasteiger charge is 2.34. The van der Waals surface area contributed by atoms with Crippen molar-refractivity contribution in [1.82, 2.24) is 24.7 Å². The molecule has 0 bridgehead atoms. The minimum Gasteiger partial charge on any atom is -0.494 e. The smallest absolute Gasteiger partial charge is 0.243 e. The first-order valence-electron chi connectivity index (χ1n) is 11.8. The lowest BCUT2D eigenvalue weighted by atomic mass is 10.1. The van der Waals surface area contributed by atoms with Gasteiger partial charge in [0.05, 0.1) is 19.5 Å². The Hall–Kier alpha value is -3.25. The molecule has 12 heteroatoms. The van der Waals surface area contributed by atoms with Gasteiger partial charge in [0.15, 0.2) is 5.82 Å². The average molecular weight is 517 g/mol. The Bertz CT molecular complexity index is 1270. The van der Waals surface area contributed by atoms with Gasteiger partial charge in [-0.3, -0.25) is 9.29 Å². The summed E-state index contributed by atoms with van der Waals surface area (Å²) in [4.78, 5) is 8.62. The van der Waals surface area contributed by atoms with Crippen LogP contribution in [-0.2, 0) is 14.8 Å². The Morgan fingerprint density at radius 2 is 1.75 bits per heavy atom. The zero-order valence-electron chi connectivity index (χ0n) is 21.1. The van der Waals surface area contributed by atoms with Gasteiger partial charge in [0.25, 0.3) is 0 Å². The molecule has 3 aromatic rings. The third kappa shape index (κ3) is 5.14.